The van der Waals surface area contributed by atoms with E-state index in [0.29, 0.717) is 43.2 Å². The van der Waals surface area contributed by atoms with E-state index >= 15 is 0 Å². The zero-order chi connectivity index (χ0) is 18.4. The molecular weight excluding hydrogens is 328 g/mol. The predicted molar refractivity (Wildman–Crippen MR) is 90.4 cm³/mol. The summed E-state index contributed by atoms with van der Waals surface area (Å²) in [6.45, 7) is 2.69. The van der Waals surface area contributed by atoms with Crippen LogP contribution in [0.5, 0.6) is 17.2 Å². The van der Waals surface area contributed by atoms with Crippen LogP contribution in [0.3, 0.4) is 0 Å². The molecule has 1 heterocycles. The van der Waals surface area contributed by atoms with Gasteiger partial charge in [0.15, 0.2) is 11.5 Å². The molecule has 0 aromatic heterocycles. The minimum atomic E-state index is -0.624. The second-order valence-corrected chi connectivity index (χ2v) is 5.46. The Kier molecular flexibility index (Phi) is 6.21. The van der Waals surface area contributed by atoms with Gasteiger partial charge < -0.3 is 23.9 Å². The van der Waals surface area contributed by atoms with Crippen LogP contribution >= 0.6 is 0 Å². The maximum Gasteiger partial charge on any atom is 0.365 e. The van der Waals surface area contributed by atoms with Crippen LogP contribution in [-0.4, -0.2) is 56.9 Å². The first-order valence-electron chi connectivity index (χ1n) is 7.82. The van der Waals surface area contributed by atoms with Crippen molar-refractivity contribution in [2.45, 2.75) is 19.8 Å². The maximum absolute atomic E-state index is 12.3. The molecule has 0 aliphatic carbocycles. The fourth-order valence-corrected chi connectivity index (χ4v) is 2.53. The molecule has 1 saturated heterocycles. The van der Waals surface area contributed by atoms with Crippen LogP contribution in [0.25, 0.3) is 0 Å². The minimum Gasteiger partial charge on any atom is -0.493 e. The van der Waals surface area contributed by atoms with Gasteiger partial charge in [-0.2, -0.15) is 0 Å². The first kappa shape index (κ1) is 18.6. The summed E-state index contributed by atoms with van der Waals surface area (Å²) >= 11 is 0. The van der Waals surface area contributed by atoms with Crippen molar-refractivity contribution in [2.24, 2.45) is 5.16 Å². The number of carbonyl (C=O) groups is 2. The monoisotopic (exact) mass is 350 g/mol. The van der Waals surface area contributed by atoms with E-state index in [4.69, 9.17) is 19.0 Å². The molecule has 136 valence electrons. The Morgan fingerprint density at radius 3 is 2.00 bits per heavy atom. The molecule has 25 heavy (non-hydrogen) atoms. The molecule has 1 aliphatic heterocycles. The van der Waals surface area contributed by atoms with Crippen molar-refractivity contribution < 1.29 is 28.6 Å². The first-order chi connectivity index (χ1) is 12.0. The van der Waals surface area contributed by atoms with Gasteiger partial charge in [0, 0.05) is 32.9 Å². The van der Waals surface area contributed by atoms with Crippen LogP contribution in [0, 0.1) is 0 Å². The van der Waals surface area contributed by atoms with E-state index in [-0.39, 0.29) is 11.5 Å². The summed E-state index contributed by atoms with van der Waals surface area (Å²) in [4.78, 5) is 30.3. The zero-order valence-corrected chi connectivity index (χ0v) is 14.8. The van der Waals surface area contributed by atoms with Crippen molar-refractivity contribution in [3.8, 4) is 17.2 Å². The molecule has 1 aliphatic rings. The van der Waals surface area contributed by atoms with Gasteiger partial charge in [-0.15, -0.1) is 0 Å². The molecule has 0 unspecified atom stereocenters. The van der Waals surface area contributed by atoms with Crippen molar-refractivity contribution in [3.05, 3.63) is 17.7 Å². The van der Waals surface area contributed by atoms with Gasteiger partial charge >= 0.3 is 5.97 Å². The highest BCUT2D eigenvalue weighted by atomic mass is 16.7. The molecule has 8 nitrogen and oxygen atoms in total. The fraction of sp³-hybridized carbons (Fsp3) is 0.471. The summed E-state index contributed by atoms with van der Waals surface area (Å²) in [6.07, 6.45) is 1.17. The lowest BCUT2D eigenvalue weighted by molar-refractivity contribution is -0.128. The van der Waals surface area contributed by atoms with Gasteiger partial charge in [0.25, 0.3) is 0 Å². The molecule has 0 atom stereocenters. The van der Waals surface area contributed by atoms with Crippen LogP contribution in [0.4, 0.5) is 0 Å². The minimum absolute atomic E-state index is 0.0356. The quantitative estimate of drug-likeness (QED) is 0.595. The van der Waals surface area contributed by atoms with Gasteiger partial charge in [0.1, 0.15) is 0 Å². The molecule has 2 rings (SSSR count). The Morgan fingerprint density at radius 2 is 1.56 bits per heavy atom. The van der Waals surface area contributed by atoms with Crippen LogP contribution in [0.2, 0.25) is 0 Å². The molecular formula is C17H22N2O6. The highest BCUT2D eigenvalue weighted by Gasteiger charge is 2.20. The number of nitrogens with zero attached hydrogens (tertiary/aromatic N) is 2. The number of benzene rings is 1. The third-order valence-corrected chi connectivity index (χ3v) is 3.94. The average molecular weight is 350 g/mol. The number of rotatable bonds is 5. The Bertz CT molecular complexity index is 651. The average Bonchev–Trinajstić information content (AvgIpc) is 2.64. The lowest BCUT2D eigenvalue weighted by Gasteiger charge is -2.25. The van der Waals surface area contributed by atoms with Crippen LogP contribution in [-0.2, 0) is 9.63 Å². The second-order valence-electron chi connectivity index (χ2n) is 5.46. The lowest BCUT2D eigenvalue weighted by atomic mass is 10.1. The highest BCUT2D eigenvalue weighted by molar-refractivity contribution is 5.92. The molecule has 1 aromatic rings. The number of ether oxygens (including phenoxy) is 3. The van der Waals surface area contributed by atoms with Crippen LogP contribution < -0.4 is 14.2 Å². The largest absolute Gasteiger partial charge is 0.493 e. The Morgan fingerprint density at radius 1 is 1.00 bits per heavy atom. The Labute approximate surface area is 146 Å². The van der Waals surface area contributed by atoms with E-state index in [9.17, 15) is 9.59 Å². The van der Waals surface area contributed by atoms with Gasteiger partial charge in [0.2, 0.25) is 11.7 Å². The predicted octanol–water partition coefficient (Wildman–Crippen LogP) is 1.87. The van der Waals surface area contributed by atoms with E-state index < -0.39 is 5.97 Å². The Balaban J connectivity index is 2.08. The van der Waals surface area contributed by atoms with Gasteiger partial charge in [-0.1, -0.05) is 5.16 Å². The van der Waals surface area contributed by atoms with Gasteiger partial charge in [-0.05, 0) is 12.1 Å². The van der Waals surface area contributed by atoms with Gasteiger partial charge in [0.05, 0.1) is 32.6 Å². The first-order valence-corrected chi connectivity index (χ1v) is 7.82. The Hall–Kier alpha value is -2.77. The summed E-state index contributed by atoms with van der Waals surface area (Å²) in [7, 11) is 4.42. The molecule has 1 amide bonds. The third-order valence-electron chi connectivity index (χ3n) is 3.94. The molecule has 1 fully saturated rings. The van der Waals surface area contributed by atoms with Crippen molar-refractivity contribution >= 4 is 17.6 Å². The SMILES string of the molecule is COc1cc(C(=O)ON=C2CCN(C(C)=O)CC2)cc(OC)c1OC. The van der Waals surface area contributed by atoms with E-state index in [1.54, 1.807) is 4.90 Å². The number of likely N-dealkylation sites (tertiary alicyclic amines) is 1. The lowest BCUT2D eigenvalue weighted by Crippen LogP contribution is -2.37. The van der Waals surface area contributed by atoms with Crippen molar-refractivity contribution in [1.82, 2.24) is 4.90 Å². The standard InChI is InChI=1S/C17H22N2O6/c1-11(20)19-7-5-13(6-8-19)18-25-17(21)12-9-14(22-2)16(24-4)15(10-12)23-3/h9-10H,5-8H2,1-4H3. The highest BCUT2D eigenvalue weighted by Crippen LogP contribution is 2.38. The molecule has 0 spiro atoms. The van der Waals surface area contributed by atoms with E-state index in [0.717, 1.165) is 5.71 Å². The number of piperidine rings is 1. The summed E-state index contributed by atoms with van der Waals surface area (Å²) in [5, 5.41) is 3.92. The topological polar surface area (TPSA) is 86.7 Å². The van der Waals surface area contributed by atoms with E-state index in [1.165, 1.54) is 40.4 Å². The summed E-state index contributed by atoms with van der Waals surface area (Å²) in [5.74, 6) is 0.520. The maximum atomic E-state index is 12.3. The van der Waals surface area contributed by atoms with Gasteiger partial charge in [-0.3, -0.25) is 4.79 Å². The normalized spacial score (nSPS) is 13.9. The summed E-state index contributed by atoms with van der Waals surface area (Å²) < 4.78 is 15.6. The van der Waals surface area contributed by atoms with Crippen LogP contribution in [0.15, 0.2) is 17.3 Å². The molecule has 0 radical (unpaired) electrons. The number of amides is 1. The van der Waals surface area contributed by atoms with Gasteiger partial charge in [-0.25, -0.2) is 4.79 Å². The van der Waals surface area contributed by atoms with Crippen molar-refractivity contribution in [3.63, 3.8) is 0 Å². The molecule has 0 saturated carbocycles. The molecule has 0 N–H and O–H groups in total. The second kappa shape index (κ2) is 8.36. The number of oxime groups is 1. The van der Waals surface area contributed by atoms with Crippen molar-refractivity contribution in [1.29, 1.82) is 0 Å². The fourth-order valence-electron chi connectivity index (χ4n) is 2.53. The van der Waals surface area contributed by atoms with Crippen molar-refractivity contribution in [2.75, 3.05) is 34.4 Å². The van der Waals surface area contributed by atoms with E-state index in [2.05, 4.69) is 5.16 Å². The van der Waals surface area contributed by atoms with E-state index in [1.807, 2.05) is 0 Å². The summed E-state index contributed by atoms with van der Waals surface area (Å²) in [6, 6.07) is 3.00. The number of methoxy groups -OCH3 is 3. The number of hydrogen-bond acceptors (Lipinski definition) is 7. The third kappa shape index (κ3) is 4.40. The zero-order valence-electron chi connectivity index (χ0n) is 14.8. The molecule has 8 heteroatoms. The smallest absolute Gasteiger partial charge is 0.365 e. The number of carbonyl (C=O) groups excluding carboxylic acids is 2. The van der Waals surface area contributed by atoms with Crippen LogP contribution in [0.1, 0.15) is 30.1 Å². The molecule has 0 bridgehead atoms. The summed E-state index contributed by atoms with van der Waals surface area (Å²) in [5.41, 5.74) is 0.985. The molecule has 1 aromatic carbocycles. The number of hydrogen-bond donors (Lipinski definition) is 0.